The third-order valence-electron chi connectivity index (χ3n) is 1.11. The molecule has 1 rings (SSSR count). The number of hydrogen-bond donors (Lipinski definition) is 1. The van der Waals surface area contributed by atoms with Gasteiger partial charge < -0.3 is 9.68 Å². The van der Waals surface area contributed by atoms with Crippen LogP contribution in [0.3, 0.4) is 0 Å². The van der Waals surface area contributed by atoms with Crippen molar-refractivity contribution in [2.75, 3.05) is 0 Å². The van der Waals surface area contributed by atoms with Gasteiger partial charge in [-0.25, -0.2) is 9.97 Å². The zero-order valence-corrected chi connectivity index (χ0v) is 6.25. The van der Waals surface area contributed by atoms with Crippen molar-refractivity contribution < 1.29 is 22.8 Å². The van der Waals surface area contributed by atoms with E-state index in [1.807, 2.05) is 0 Å². The molecular weight excluding hydrogens is 188 g/mol. The fraction of sp³-hybridized carbons (Fsp3) is 0.200. The van der Waals surface area contributed by atoms with Crippen LogP contribution in [0.15, 0.2) is 12.4 Å². The van der Waals surface area contributed by atoms with Crippen LogP contribution in [0.4, 0.5) is 13.2 Å². The summed E-state index contributed by atoms with van der Waals surface area (Å²) in [5, 5.41) is 8.25. The molecule has 0 saturated heterocycles. The molecule has 0 aliphatic heterocycles. The van der Waals surface area contributed by atoms with Gasteiger partial charge in [0, 0.05) is 0 Å². The minimum Gasteiger partial charge on any atom is -0.537 e. The SMILES string of the molecule is OBOc1cnc(C(F)(F)F)nc1. The zero-order chi connectivity index (χ0) is 9.90. The van der Waals surface area contributed by atoms with Gasteiger partial charge >= 0.3 is 13.9 Å². The molecule has 4 nitrogen and oxygen atoms in total. The van der Waals surface area contributed by atoms with Crippen LogP contribution in [0.2, 0.25) is 0 Å². The van der Waals surface area contributed by atoms with Gasteiger partial charge in [0.15, 0.2) is 0 Å². The number of alkyl halides is 3. The van der Waals surface area contributed by atoms with E-state index in [0.29, 0.717) is 0 Å². The summed E-state index contributed by atoms with van der Waals surface area (Å²) in [5.41, 5.74) is 0. The normalized spacial score (nSPS) is 11.1. The summed E-state index contributed by atoms with van der Waals surface area (Å²) in [4.78, 5) is 5.99. The van der Waals surface area contributed by atoms with Crippen LogP contribution in [0, 0.1) is 0 Å². The molecule has 8 heteroatoms. The molecule has 1 aromatic rings. The van der Waals surface area contributed by atoms with Crippen LogP contribution in [0.25, 0.3) is 0 Å². The van der Waals surface area contributed by atoms with E-state index in [0.717, 1.165) is 12.4 Å². The van der Waals surface area contributed by atoms with Crippen LogP contribution >= 0.6 is 0 Å². The van der Waals surface area contributed by atoms with Crippen molar-refractivity contribution in [2.45, 2.75) is 6.18 Å². The van der Waals surface area contributed by atoms with Crippen molar-refractivity contribution in [3.05, 3.63) is 18.2 Å². The van der Waals surface area contributed by atoms with Gasteiger partial charge in [-0.05, 0) is 0 Å². The van der Waals surface area contributed by atoms with Gasteiger partial charge in [0.1, 0.15) is 5.75 Å². The second kappa shape index (κ2) is 3.61. The molecule has 0 bridgehead atoms. The topological polar surface area (TPSA) is 55.2 Å². The molecule has 70 valence electrons. The number of nitrogens with zero attached hydrogens (tertiary/aromatic N) is 2. The van der Waals surface area contributed by atoms with E-state index >= 15 is 0 Å². The average Bonchev–Trinajstić information content (AvgIpc) is 2.04. The first kappa shape index (κ1) is 9.78. The van der Waals surface area contributed by atoms with Crippen LogP contribution < -0.4 is 4.65 Å². The van der Waals surface area contributed by atoms with Gasteiger partial charge in [-0.3, -0.25) is 0 Å². The standard InChI is InChI=1S/C5H4BF3N2O2/c7-5(8,9)4-10-1-3(2-11-4)13-6-12/h1-2,6,12H. The Balaban J connectivity index is 2.81. The third kappa shape index (κ3) is 2.58. The highest BCUT2D eigenvalue weighted by molar-refractivity contribution is 6.17. The second-order valence-electron chi connectivity index (χ2n) is 2.01. The Morgan fingerprint density at radius 2 is 1.85 bits per heavy atom. The maximum absolute atomic E-state index is 11.9. The lowest BCUT2D eigenvalue weighted by Crippen LogP contribution is -2.11. The van der Waals surface area contributed by atoms with Crippen LogP contribution in [-0.4, -0.2) is 22.7 Å². The average molecular weight is 192 g/mol. The maximum atomic E-state index is 11.9. The smallest absolute Gasteiger partial charge is 0.504 e. The molecule has 0 aliphatic rings. The predicted octanol–water partition coefficient (Wildman–Crippen LogP) is 0.133. The molecule has 0 aromatic carbocycles. The van der Waals surface area contributed by atoms with E-state index in [1.54, 1.807) is 0 Å². The van der Waals surface area contributed by atoms with Crippen molar-refractivity contribution in [2.24, 2.45) is 0 Å². The van der Waals surface area contributed by atoms with Crippen molar-refractivity contribution in [1.29, 1.82) is 0 Å². The van der Waals surface area contributed by atoms with Gasteiger partial charge in [-0.1, -0.05) is 0 Å². The van der Waals surface area contributed by atoms with Crippen molar-refractivity contribution in [1.82, 2.24) is 9.97 Å². The van der Waals surface area contributed by atoms with Gasteiger partial charge in [-0.15, -0.1) is 0 Å². The summed E-state index contributed by atoms with van der Waals surface area (Å²) in [7, 11) is -0.630. The maximum Gasteiger partial charge on any atom is 0.504 e. The first-order valence-corrected chi connectivity index (χ1v) is 3.17. The lowest BCUT2D eigenvalue weighted by Gasteiger charge is -2.04. The third-order valence-corrected chi connectivity index (χ3v) is 1.11. The molecule has 1 aromatic heterocycles. The van der Waals surface area contributed by atoms with Crippen molar-refractivity contribution >= 4 is 7.69 Å². The largest absolute Gasteiger partial charge is 0.537 e. The van der Waals surface area contributed by atoms with Gasteiger partial charge in [-0.2, -0.15) is 13.2 Å². The second-order valence-corrected chi connectivity index (χ2v) is 2.01. The number of rotatable bonds is 2. The molecule has 0 unspecified atom stereocenters. The summed E-state index contributed by atoms with van der Waals surface area (Å²) < 4.78 is 40.1. The molecule has 0 fully saturated rings. The molecule has 0 amide bonds. The highest BCUT2D eigenvalue weighted by Crippen LogP contribution is 2.25. The van der Waals surface area contributed by atoms with E-state index in [2.05, 4.69) is 14.6 Å². The summed E-state index contributed by atoms with van der Waals surface area (Å²) in [6, 6.07) is 0. The molecule has 0 atom stereocenters. The quantitative estimate of drug-likeness (QED) is 0.676. The molecule has 1 N–H and O–H groups in total. The highest BCUT2D eigenvalue weighted by Gasteiger charge is 2.34. The Bertz CT molecular complexity index is 276. The molecule has 0 radical (unpaired) electrons. The van der Waals surface area contributed by atoms with Crippen molar-refractivity contribution in [3.63, 3.8) is 0 Å². The Hall–Kier alpha value is -1.31. The Labute approximate surface area is 71.7 Å². The van der Waals surface area contributed by atoms with E-state index in [-0.39, 0.29) is 5.75 Å². The lowest BCUT2D eigenvalue weighted by atomic mass is 10.4. The number of halogens is 3. The Kier molecular flexibility index (Phi) is 2.71. The fourth-order valence-electron chi connectivity index (χ4n) is 0.612. The first-order valence-electron chi connectivity index (χ1n) is 3.17. The molecule has 0 aliphatic carbocycles. The van der Waals surface area contributed by atoms with E-state index in [1.165, 1.54) is 0 Å². The van der Waals surface area contributed by atoms with Gasteiger partial charge in [0.2, 0.25) is 5.82 Å². The zero-order valence-electron chi connectivity index (χ0n) is 6.25. The minimum atomic E-state index is -4.56. The van der Waals surface area contributed by atoms with E-state index in [9.17, 15) is 13.2 Å². The summed E-state index contributed by atoms with van der Waals surface area (Å²) in [6.45, 7) is 0. The highest BCUT2D eigenvalue weighted by atomic mass is 19.4. The lowest BCUT2D eigenvalue weighted by molar-refractivity contribution is -0.145. The Morgan fingerprint density at radius 3 is 2.23 bits per heavy atom. The van der Waals surface area contributed by atoms with Gasteiger partial charge in [0.05, 0.1) is 12.4 Å². The predicted molar refractivity (Wildman–Crippen MR) is 37.0 cm³/mol. The molecule has 0 saturated carbocycles. The fourth-order valence-corrected chi connectivity index (χ4v) is 0.612. The van der Waals surface area contributed by atoms with E-state index in [4.69, 9.17) is 5.02 Å². The molecular formula is C5H4BF3N2O2. The summed E-state index contributed by atoms with van der Waals surface area (Å²) in [6.07, 6.45) is -2.88. The molecule has 0 spiro atoms. The monoisotopic (exact) mass is 192 g/mol. The summed E-state index contributed by atoms with van der Waals surface area (Å²) in [5.74, 6) is -1.26. The first-order chi connectivity index (χ1) is 6.04. The minimum absolute atomic E-state index is 0.0181. The number of aromatic nitrogens is 2. The summed E-state index contributed by atoms with van der Waals surface area (Å²) >= 11 is 0. The Morgan fingerprint density at radius 1 is 1.31 bits per heavy atom. The van der Waals surface area contributed by atoms with Crippen LogP contribution in [0.5, 0.6) is 5.75 Å². The molecule has 13 heavy (non-hydrogen) atoms. The van der Waals surface area contributed by atoms with Crippen molar-refractivity contribution in [3.8, 4) is 5.75 Å². The number of hydrogen-bond acceptors (Lipinski definition) is 4. The molecule has 1 heterocycles. The van der Waals surface area contributed by atoms with E-state index < -0.39 is 19.7 Å². The van der Waals surface area contributed by atoms with Gasteiger partial charge in [0.25, 0.3) is 0 Å². The van der Waals surface area contributed by atoms with Crippen LogP contribution in [-0.2, 0) is 6.18 Å². The van der Waals surface area contributed by atoms with Crippen LogP contribution in [0.1, 0.15) is 5.82 Å².